The highest BCUT2D eigenvalue weighted by Crippen LogP contribution is 2.60. The number of Topliss-reactive ketones (excluding diaryl/α,β-unsaturated/α-hetero) is 1. The van der Waals surface area contributed by atoms with Gasteiger partial charge in [0.1, 0.15) is 11.4 Å². The topological polar surface area (TPSA) is 54.4 Å². The molecule has 0 amide bonds. The quantitative estimate of drug-likeness (QED) is 0.744. The molecule has 21 heavy (non-hydrogen) atoms. The lowest BCUT2D eigenvalue weighted by Gasteiger charge is -2.54. The van der Waals surface area contributed by atoms with Gasteiger partial charge in [-0.3, -0.25) is 9.59 Å². The van der Waals surface area contributed by atoms with Crippen LogP contribution in [0.1, 0.15) is 45.4 Å². The molecule has 4 aliphatic carbocycles. The number of aliphatic hydroxyl groups is 1. The molecule has 0 bridgehead atoms. The van der Waals surface area contributed by atoms with Crippen LogP contribution >= 0.6 is 0 Å². The van der Waals surface area contributed by atoms with Crippen molar-refractivity contribution in [2.24, 2.45) is 23.2 Å². The summed E-state index contributed by atoms with van der Waals surface area (Å²) in [5.41, 5.74) is -0.208. The number of ketones is 2. The van der Waals surface area contributed by atoms with Crippen molar-refractivity contribution in [1.29, 1.82) is 0 Å². The summed E-state index contributed by atoms with van der Waals surface area (Å²) in [4.78, 5) is 23.9. The number of fused-ring (bicyclic) bond motifs is 5. The fourth-order valence-corrected chi connectivity index (χ4v) is 5.62. The van der Waals surface area contributed by atoms with Gasteiger partial charge in [-0.1, -0.05) is 6.92 Å². The van der Waals surface area contributed by atoms with Gasteiger partial charge < -0.3 is 5.11 Å². The van der Waals surface area contributed by atoms with Crippen molar-refractivity contribution in [3.63, 3.8) is 0 Å². The first-order valence-corrected chi connectivity index (χ1v) is 8.15. The molecule has 1 N–H and O–H groups in total. The van der Waals surface area contributed by atoms with Gasteiger partial charge in [-0.05, 0) is 73.7 Å². The van der Waals surface area contributed by atoms with Crippen molar-refractivity contribution in [2.75, 3.05) is 0 Å². The molecule has 3 fully saturated rings. The van der Waals surface area contributed by atoms with Crippen LogP contribution in [0.2, 0.25) is 0 Å². The Bertz CT molecular complexity index is 587. The Kier molecular flexibility index (Phi) is 2.66. The second kappa shape index (κ2) is 4.16. The highest BCUT2D eigenvalue weighted by molar-refractivity contribution is 6.01. The molecule has 0 aromatic carbocycles. The highest BCUT2D eigenvalue weighted by Gasteiger charge is 2.59. The minimum absolute atomic E-state index is 0.00943. The number of hydrogen-bond acceptors (Lipinski definition) is 3. The van der Waals surface area contributed by atoms with Crippen molar-refractivity contribution in [2.45, 2.75) is 51.0 Å². The first-order chi connectivity index (χ1) is 9.95. The number of hydrogen-bond donors (Lipinski definition) is 1. The van der Waals surface area contributed by atoms with Gasteiger partial charge in [0, 0.05) is 11.8 Å². The Hall–Kier alpha value is -1.22. The second-order valence-corrected chi connectivity index (χ2v) is 7.56. The van der Waals surface area contributed by atoms with Crippen molar-refractivity contribution < 1.29 is 14.7 Å². The van der Waals surface area contributed by atoms with E-state index in [0.29, 0.717) is 24.0 Å². The van der Waals surface area contributed by atoms with Crippen LogP contribution in [-0.2, 0) is 9.59 Å². The van der Waals surface area contributed by atoms with Crippen LogP contribution < -0.4 is 0 Å². The van der Waals surface area contributed by atoms with Gasteiger partial charge in [-0.15, -0.1) is 0 Å². The minimum atomic E-state index is -0.941. The molecule has 4 aliphatic rings. The molecular formula is C18H22O3. The largest absolute Gasteiger partial charge is 0.381 e. The fraction of sp³-hybridized carbons (Fsp3) is 0.667. The molecular weight excluding hydrogens is 264 g/mol. The zero-order valence-corrected chi connectivity index (χ0v) is 12.5. The molecule has 0 aromatic rings. The zero-order valence-electron chi connectivity index (χ0n) is 12.5. The van der Waals surface area contributed by atoms with E-state index in [0.717, 1.165) is 37.7 Å². The van der Waals surface area contributed by atoms with Crippen LogP contribution in [0, 0.1) is 23.2 Å². The molecule has 3 nitrogen and oxygen atoms in total. The van der Waals surface area contributed by atoms with E-state index in [1.165, 1.54) is 6.08 Å². The summed E-state index contributed by atoms with van der Waals surface area (Å²) in [6.45, 7) is 2.14. The van der Waals surface area contributed by atoms with Crippen molar-refractivity contribution in [3.8, 4) is 0 Å². The summed E-state index contributed by atoms with van der Waals surface area (Å²) in [7, 11) is 0. The minimum Gasteiger partial charge on any atom is -0.381 e. The Labute approximate surface area is 125 Å². The van der Waals surface area contributed by atoms with Crippen LogP contribution in [0.15, 0.2) is 23.8 Å². The molecule has 0 radical (unpaired) electrons. The van der Waals surface area contributed by atoms with Gasteiger partial charge in [-0.2, -0.15) is 0 Å². The van der Waals surface area contributed by atoms with E-state index in [1.54, 1.807) is 12.2 Å². The molecule has 0 heterocycles. The standard InChI is InChI=1S/C18H22O3/c1-17-8-7-15-13(14(17)4-5-16(17)20)3-2-11-10-12(19)6-9-18(11,15)21/h6,9-10,13-15,21H,2-5,7-8H2,1H3/t13-,14-,15+,17-,18+/m0/s1. The average molecular weight is 286 g/mol. The van der Waals surface area contributed by atoms with Gasteiger partial charge in [0.15, 0.2) is 5.78 Å². The summed E-state index contributed by atoms with van der Waals surface area (Å²) in [6.07, 6.45) is 10.1. The summed E-state index contributed by atoms with van der Waals surface area (Å²) in [5, 5.41) is 11.2. The zero-order chi connectivity index (χ0) is 14.8. The van der Waals surface area contributed by atoms with E-state index >= 15 is 0 Å². The Morgan fingerprint density at radius 1 is 1.14 bits per heavy atom. The highest BCUT2D eigenvalue weighted by atomic mass is 16.3. The van der Waals surface area contributed by atoms with E-state index in [9.17, 15) is 14.7 Å². The Morgan fingerprint density at radius 3 is 2.76 bits per heavy atom. The first-order valence-electron chi connectivity index (χ1n) is 8.15. The molecule has 0 aliphatic heterocycles. The molecule has 0 aromatic heterocycles. The molecule has 112 valence electrons. The lowest BCUT2D eigenvalue weighted by molar-refractivity contribution is -0.134. The normalized spacial score (nSPS) is 48.5. The number of allylic oxidation sites excluding steroid dienone is 2. The molecule has 5 atom stereocenters. The smallest absolute Gasteiger partial charge is 0.178 e. The van der Waals surface area contributed by atoms with Gasteiger partial charge in [0.2, 0.25) is 0 Å². The van der Waals surface area contributed by atoms with Gasteiger partial charge in [0.25, 0.3) is 0 Å². The third kappa shape index (κ3) is 1.64. The molecule has 3 heteroatoms. The number of carbonyl (C=O) groups excluding carboxylic acids is 2. The van der Waals surface area contributed by atoms with Crippen LogP contribution in [0.5, 0.6) is 0 Å². The summed E-state index contributed by atoms with van der Waals surface area (Å²) in [5.74, 6) is 1.42. The maximum atomic E-state index is 12.3. The molecule has 0 saturated heterocycles. The molecule has 0 unspecified atom stereocenters. The molecule has 0 spiro atoms. The predicted octanol–water partition coefficient (Wildman–Crippen LogP) is 2.59. The van der Waals surface area contributed by atoms with E-state index in [1.807, 2.05) is 0 Å². The Morgan fingerprint density at radius 2 is 1.95 bits per heavy atom. The first kappa shape index (κ1) is 13.4. The van der Waals surface area contributed by atoms with Crippen LogP contribution in [0.25, 0.3) is 0 Å². The molecule has 3 saturated carbocycles. The van der Waals surface area contributed by atoms with E-state index in [2.05, 4.69) is 6.92 Å². The maximum absolute atomic E-state index is 12.3. The monoisotopic (exact) mass is 286 g/mol. The lowest BCUT2D eigenvalue weighted by Crippen LogP contribution is -2.54. The van der Waals surface area contributed by atoms with Crippen molar-refractivity contribution >= 4 is 11.6 Å². The van der Waals surface area contributed by atoms with Gasteiger partial charge >= 0.3 is 0 Å². The maximum Gasteiger partial charge on any atom is 0.178 e. The van der Waals surface area contributed by atoms with E-state index < -0.39 is 5.60 Å². The van der Waals surface area contributed by atoms with Gasteiger partial charge in [-0.25, -0.2) is 0 Å². The van der Waals surface area contributed by atoms with E-state index in [-0.39, 0.29) is 17.1 Å². The SMILES string of the molecule is C[C@]12CC[C@@H]3[C@@H](CCC4=CC(=O)C=C[C@@]43O)[C@@H]1CCC2=O. The molecule has 4 rings (SSSR count). The van der Waals surface area contributed by atoms with Crippen molar-refractivity contribution in [1.82, 2.24) is 0 Å². The number of carbonyl (C=O) groups is 2. The third-order valence-electron chi connectivity index (χ3n) is 6.79. The Balaban J connectivity index is 1.72. The summed E-state index contributed by atoms with van der Waals surface area (Å²) in [6, 6.07) is 0. The van der Waals surface area contributed by atoms with Crippen LogP contribution in [-0.4, -0.2) is 22.3 Å². The third-order valence-corrected chi connectivity index (χ3v) is 6.79. The second-order valence-electron chi connectivity index (χ2n) is 7.56. The van der Waals surface area contributed by atoms with Crippen molar-refractivity contribution in [3.05, 3.63) is 23.8 Å². The van der Waals surface area contributed by atoms with Crippen LogP contribution in [0.4, 0.5) is 0 Å². The van der Waals surface area contributed by atoms with E-state index in [4.69, 9.17) is 0 Å². The number of rotatable bonds is 0. The van der Waals surface area contributed by atoms with Crippen LogP contribution in [0.3, 0.4) is 0 Å². The fourth-order valence-electron chi connectivity index (χ4n) is 5.62. The lowest BCUT2D eigenvalue weighted by atomic mass is 9.51. The van der Waals surface area contributed by atoms with Gasteiger partial charge in [0.05, 0.1) is 0 Å². The average Bonchev–Trinajstić information content (AvgIpc) is 2.76. The summed E-state index contributed by atoms with van der Waals surface area (Å²) >= 11 is 0. The predicted molar refractivity (Wildman–Crippen MR) is 78.5 cm³/mol. The summed E-state index contributed by atoms with van der Waals surface area (Å²) < 4.78 is 0.